The summed E-state index contributed by atoms with van der Waals surface area (Å²) in [5.41, 5.74) is 1.65. The van der Waals surface area contributed by atoms with Gasteiger partial charge in [-0.1, -0.05) is 111 Å². The minimum atomic E-state index is -0.672. The number of hydrogen-bond donors (Lipinski definition) is 0. The third kappa shape index (κ3) is 5.30. The number of benzene rings is 2. The normalized spacial score (nSPS) is 20.0. The van der Waals surface area contributed by atoms with Crippen molar-refractivity contribution >= 4 is 41.8 Å². The van der Waals surface area contributed by atoms with Gasteiger partial charge in [0.25, 0.3) is 0 Å². The first kappa shape index (κ1) is 18.9. The molecule has 1 aliphatic carbocycles. The van der Waals surface area contributed by atoms with Gasteiger partial charge < -0.3 is 0 Å². The van der Waals surface area contributed by atoms with Crippen molar-refractivity contribution in [3.8, 4) is 0 Å². The van der Waals surface area contributed by atoms with Crippen molar-refractivity contribution in [2.24, 2.45) is 11.8 Å². The zero-order valence-corrected chi connectivity index (χ0v) is 18.3. The van der Waals surface area contributed by atoms with Crippen LogP contribution in [0.5, 0.6) is 0 Å². The van der Waals surface area contributed by atoms with E-state index in [9.17, 15) is 0 Å². The van der Waals surface area contributed by atoms with Crippen LogP contribution in [-0.4, -0.2) is 13.2 Å². The van der Waals surface area contributed by atoms with E-state index >= 15 is 0 Å². The molecule has 25 heavy (non-hydrogen) atoms. The summed E-state index contributed by atoms with van der Waals surface area (Å²) < 4.78 is 1.29. The molecule has 1 aliphatic rings. The van der Waals surface area contributed by atoms with E-state index in [4.69, 9.17) is 0 Å². The molecule has 0 N–H and O–H groups in total. The van der Waals surface area contributed by atoms with Crippen molar-refractivity contribution in [3.63, 3.8) is 0 Å². The summed E-state index contributed by atoms with van der Waals surface area (Å²) in [5.74, 6) is 1.65. The molecule has 2 heteroatoms. The summed E-state index contributed by atoms with van der Waals surface area (Å²) in [6.45, 7) is 2.37. The number of allylic oxidation sites excluding steroid dienone is 2. The summed E-state index contributed by atoms with van der Waals surface area (Å²) in [7, 11) is -0.672. The molecule has 0 fully saturated rings. The first-order valence-corrected chi connectivity index (χ1v) is 12.7. The largest absolute Gasteiger partial charge is 0.121 e. The van der Waals surface area contributed by atoms with Gasteiger partial charge >= 0.3 is 0 Å². The molecular weight excluding hydrogens is 431 g/mol. The molecule has 0 saturated carbocycles. The SMILES string of the molecule is CC1=C[C@H](CCCI)C[C@H]1CC[Si](c1ccccc1)c1ccccc1. The fourth-order valence-corrected chi connectivity index (χ4v) is 7.24. The molecule has 2 aromatic carbocycles. The molecule has 0 heterocycles. The Hall–Kier alpha value is -0.873. The van der Waals surface area contributed by atoms with Crippen molar-refractivity contribution in [1.82, 2.24) is 0 Å². The Morgan fingerprint density at radius 3 is 2.08 bits per heavy atom. The lowest BCUT2D eigenvalue weighted by Gasteiger charge is -2.20. The highest BCUT2D eigenvalue weighted by molar-refractivity contribution is 14.1. The lowest BCUT2D eigenvalue weighted by atomic mass is 9.95. The molecule has 131 valence electrons. The number of hydrogen-bond acceptors (Lipinski definition) is 0. The minimum Gasteiger partial charge on any atom is -0.0864 e. The number of alkyl halides is 1. The minimum absolute atomic E-state index is 0.672. The molecule has 0 nitrogen and oxygen atoms in total. The summed E-state index contributed by atoms with van der Waals surface area (Å²) in [5, 5.41) is 3.11. The van der Waals surface area contributed by atoms with Gasteiger partial charge in [0.2, 0.25) is 0 Å². The molecule has 0 bridgehead atoms. The second kappa shape index (κ2) is 9.72. The Bertz CT molecular complexity index is 626. The fraction of sp³-hybridized carbons (Fsp3) is 0.391. The second-order valence-electron chi connectivity index (χ2n) is 7.18. The van der Waals surface area contributed by atoms with Crippen LogP contribution in [0.3, 0.4) is 0 Å². The van der Waals surface area contributed by atoms with Gasteiger partial charge in [-0.25, -0.2) is 0 Å². The maximum absolute atomic E-state index is 2.58. The highest BCUT2D eigenvalue weighted by atomic mass is 127. The Labute approximate surface area is 168 Å². The standard InChI is InChI=1S/C23H28ISi/c1-19-17-20(9-8-15-24)18-21(19)14-16-25(22-10-4-2-5-11-22)23-12-6-3-7-13-23/h2-7,10-13,17,20-21H,8-9,14-16,18H2,1H3/t20-,21+/m0/s1. The maximum atomic E-state index is 2.58. The van der Waals surface area contributed by atoms with Crippen LogP contribution in [0.2, 0.25) is 6.04 Å². The topological polar surface area (TPSA) is 0 Å². The van der Waals surface area contributed by atoms with Gasteiger partial charge in [-0.2, -0.15) is 0 Å². The van der Waals surface area contributed by atoms with Crippen LogP contribution in [0.1, 0.15) is 32.6 Å². The zero-order valence-electron chi connectivity index (χ0n) is 15.1. The van der Waals surface area contributed by atoms with Crippen LogP contribution in [0, 0.1) is 11.8 Å². The van der Waals surface area contributed by atoms with Gasteiger partial charge in [-0.3, -0.25) is 0 Å². The third-order valence-electron chi connectivity index (χ3n) is 5.43. The molecular formula is C23H28ISi. The van der Waals surface area contributed by atoms with Crippen LogP contribution in [0.25, 0.3) is 0 Å². The van der Waals surface area contributed by atoms with Crippen LogP contribution >= 0.6 is 22.6 Å². The van der Waals surface area contributed by atoms with E-state index in [1.807, 2.05) is 0 Å². The van der Waals surface area contributed by atoms with Crippen molar-refractivity contribution < 1.29 is 0 Å². The molecule has 0 saturated heterocycles. The summed E-state index contributed by atoms with van der Waals surface area (Å²) >= 11 is 2.51. The van der Waals surface area contributed by atoms with Gasteiger partial charge in [-0.15, -0.1) is 0 Å². The highest BCUT2D eigenvalue weighted by Crippen LogP contribution is 2.36. The molecule has 2 aromatic rings. The second-order valence-corrected chi connectivity index (χ2v) is 10.9. The Morgan fingerprint density at radius 1 is 0.920 bits per heavy atom. The molecule has 3 rings (SSSR count). The third-order valence-corrected chi connectivity index (χ3v) is 9.04. The average Bonchev–Trinajstić information content (AvgIpc) is 3.02. The van der Waals surface area contributed by atoms with E-state index < -0.39 is 8.80 Å². The van der Waals surface area contributed by atoms with Crippen LogP contribution < -0.4 is 10.4 Å². The molecule has 0 amide bonds. The zero-order chi connectivity index (χ0) is 17.5. The Kier molecular flexibility index (Phi) is 7.35. The van der Waals surface area contributed by atoms with E-state index in [-0.39, 0.29) is 0 Å². The van der Waals surface area contributed by atoms with E-state index in [0.29, 0.717) is 0 Å². The fourth-order valence-electron chi connectivity index (χ4n) is 4.07. The number of halogens is 1. The lowest BCUT2D eigenvalue weighted by molar-refractivity contribution is 0.475. The van der Waals surface area contributed by atoms with Crippen molar-refractivity contribution in [2.75, 3.05) is 4.43 Å². The lowest BCUT2D eigenvalue weighted by Crippen LogP contribution is -2.42. The predicted molar refractivity (Wildman–Crippen MR) is 121 cm³/mol. The summed E-state index contributed by atoms with van der Waals surface area (Å²) in [6, 6.07) is 23.7. The van der Waals surface area contributed by atoms with E-state index in [1.165, 1.54) is 36.2 Å². The molecule has 0 aliphatic heterocycles. The van der Waals surface area contributed by atoms with Crippen LogP contribution in [0.4, 0.5) is 0 Å². The molecule has 1 radical (unpaired) electrons. The van der Waals surface area contributed by atoms with E-state index in [2.05, 4.69) is 96.3 Å². The smallest absolute Gasteiger partial charge is 0.0864 e. The van der Waals surface area contributed by atoms with Crippen LogP contribution in [0.15, 0.2) is 72.3 Å². The Morgan fingerprint density at radius 2 is 1.52 bits per heavy atom. The summed E-state index contributed by atoms with van der Waals surface area (Å²) in [4.78, 5) is 0. The monoisotopic (exact) mass is 459 g/mol. The van der Waals surface area contributed by atoms with Gasteiger partial charge in [0.05, 0.1) is 0 Å². The quantitative estimate of drug-likeness (QED) is 0.212. The van der Waals surface area contributed by atoms with Gasteiger partial charge in [0, 0.05) is 0 Å². The molecule has 0 aromatic heterocycles. The van der Waals surface area contributed by atoms with Crippen molar-refractivity contribution in [1.29, 1.82) is 0 Å². The first-order chi connectivity index (χ1) is 12.3. The van der Waals surface area contributed by atoms with Crippen molar-refractivity contribution in [2.45, 2.75) is 38.7 Å². The molecule has 2 atom stereocenters. The Balaban J connectivity index is 1.67. The highest BCUT2D eigenvalue weighted by Gasteiger charge is 2.25. The van der Waals surface area contributed by atoms with E-state index in [1.54, 1.807) is 15.9 Å². The molecule has 0 unspecified atom stereocenters. The predicted octanol–water partition coefficient (Wildman–Crippen LogP) is 5.48. The first-order valence-electron chi connectivity index (χ1n) is 9.49. The van der Waals surface area contributed by atoms with E-state index in [0.717, 1.165) is 11.8 Å². The number of rotatable bonds is 8. The summed E-state index contributed by atoms with van der Waals surface area (Å²) in [6.07, 6.45) is 8.06. The van der Waals surface area contributed by atoms with Gasteiger partial charge in [-0.05, 0) is 48.9 Å². The molecule has 0 spiro atoms. The average molecular weight is 459 g/mol. The van der Waals surface area contributed by atoms with Gasteiger partial charge in [0.15, 0.2) is 0 Å². The van der Waals surface area contributed by atoms with Crippen LogP contribution in [-0.2, 0) is 0 Å². The van der Waals surface area contributed by atoms with Gasteiger partial charge in [0.1, 0.15) is 8.80 Å². The van der Waals surface area contributed by atoms with Crippen molar-refractivity contribution in [3.05, 3.63) is 72.3 Å². The maximum Gasteiger partial charge on any atom is 0.121 e.